The predicted molar refractivity (Wildman–Crippen MR) is 169 cm³/mol. The van der Waals surface area contributed by atoms with Crippen LogP contribution in [0.5, 0.6) is 0 Å². The van der Waals surface area contributed by atoms with Gasteiger partial charge in [0.15, 0.2) is 8.80 Å². The first-order valence-corrected chi connectivity index (χ1v) is 16.0. The summed E-state index contributed by atoms with van der Waals surface area (Å²) in [5.41, 5.74) is -1.71. The summed E-state index contributed by atoms with van der Waals surface area (Å²) in [5, 5.41) is 13.3. The van der Waals surface area contributed by atoms with E-state index in [2.05, 4.69) is 29.2 Å². The van der Waals surface area contributed by atoms with Gasteiger partial charge in [-0.25, -0.2) is 4.79 Å². The van der Waals surface area contributed by atoms with E-state index in [-0.39, 0.29) is 13.0 Å². The van der Waals surface area contributed by atoms with Gasteiger partial charge in [-0.2, -0.15) is 0 Å². The molecule has 218 valence electrons. The number of nitrogens with zero attached hydrogens (tertiary/aromatic N) is 1. The maximum absolute atomic E-state index is 13.7. The molecule has 0 saturated carbocycles. The normalized spacial score (nSPS) is 22.7. The lowest BCUT2D eigenvalue weighted by Crippen LogP contribution is -2.64. The van der Waals surface area contributed by atoms with Gasteiger partial charge in [0, 0.05) is 18.2 Å². The van der Waals surface area contributed by atoms with E-state index in [1.165, 1.54) is 4.57 Å². The maximum atomic E-state index is 13.7. The number of ether oxygens (including phenoxy) is 2. The SMILES string of the molecule is Cc1cn([C@@]2([SiH](c3ccccc3)c3ccccc3)C[C@@](O)(C=Cc3ccccc3)[C@@H](COC(C)(C)C)O2)c(=O)[nH]c1=O. The second-order valence-electron chi connectivity index (χ2n) is 12.0. The van der Waals surface area contributed by atoms with Crippen LogP contribution in [-0.2, 0) is 14.8 Å². The molecular formula is C34H38N2O5Si. The molecule has 4 aromatic rings. The van der Waals surface area contributed by atoms with E-state index < -0.39 is 42.7 Å². The number of aliphatic hydroxyl groups is 1. The number of benzene rings is 3. The van der Waals surface area contributed by atoms with Gasteiger partial charge < -0.3 is 14.6 Å². The highest BCUT2D eigenvalue weighted by atomic mass is 28.3. The summed E-state index contributed by atoms with van der Waals surface area (Å²) in [6.07, 6.45) is 4.49. The van der Waals surface area contributed by atoms with Crippen LogP contribution in [-0.4, -0.2) is 47.4 Å². The Morgan fingerprint density at radius 3 is 2.07 bits per heavy atom. The third-order valence-corrected chi connectivity index (χ3v) is 11.3. The minimum Gasteiger partial charge on any atom is -0.383 e. The van der Waals surface area contributed by atoms with Gasteiger partial charge in [-0.1, -0.05) is 107 Å². The first kappa shape index (κ1) is 29.7. The highest BCUT2D eigenvalue weighted by Crippen LogP contribution is 2.44. The zero-order chi connectivity index (χ0) is 30.0. The summed E-state index contributed by atoms with van der Waals surface area (Å²) >= 11 is 0. The second kappa shape index (κ2) is 11.8. The van der Waals surface area contributed by atoms with Crippen LogP contribution < -0.4 is 21.6 Å². The standard InChI is InChI=1S/C34H38N2O5Si/c1-25-22-36(31(38)35-30(25)37)34(42(27-16-10-6-11-17-27)28-18-12-7-13-19-28)24-33(39,21-20-26-14-8-5-9-15-26)29(41-34)23-40-32(2,3)4/h5-22,29,39,42H,23-24H2,1-4H3,(H,35,37,38)/t29-,33+,34+/m1/s1. The highest BCUT2D eigenvalue weighted by Gasteiger charge is 2.60. The van der Waals surface area contributed by atoms with Crippen molar-refractivity contribution < 1.29 is 14.6 Å². The zero-order valence-electron chi connectivity index (χ0n) is 24.5. The average Bonchev–Trinajstić information content (AvgIpc) is 3.27. The van der Waals surface area contributed by atoms with E-state index >= 15 is 0 Å². The fraction of sp³-hybridized carbons (Fsp3) is 0.294. The Bertz CT molecular complexity index is 1610. The van der Waals surface area contributed by atoms with Gasteiger partial charge in [0.05, 0.1) is 12.2 Å². The van der Waals surface area contributed by atoms with Crippen LogP contribution in [0.15, 0.2) is 113 Å². The highest BCUT2D eigenvalue weighted by molar-refractivity contribution is 6.86. The lowest BCUT2D eigenvalue weighted by Gasteiger charge is -2.38. The van der Waals surface area contributed by atoms with Crippen LogP contribution in [0.4, 0.5) is 0 Å². The molecule has 1 fully saturated rings. The first-order chi connectivity index (χ1) is 20.0. The van der Waals surface area contributed by atoms with Crippen LogP contribution in [0.3, 0.4) is 0 Å². The lowest BCUT2D eigenvalue weighted by molar-refractivity contribution is -0.124. The minimum atomic E-state index is -2.55. The third kappa shape index (κ3) is 6.17. The molecule has 7 nitrogen and oxygen atoms in total. The Balaban J connectivity index is 1.76. The summed E-state index contributed by atoms with van der Waals surface area (Å²) in [5.74, 6) is 0. The fourth-order valence-electron chi connectivity index (χ4n) is 5.69. The van der Waals surface area contributed by atoms with Crippen molar-refractivity contribution in [2.45, 2.75) is 56.8 Å². The number of aryl methyl sites for hydroxylation is 1. The molecule has 0 spiro atoms. The maximum Gasteiger partial charge on any atom is 0.330 e. The number of H-pyrrole nitrogens is 1. The lowest BCUT2D eigenvalue weighted by atomic mass is 9.93. The van der Waals surface area contributed by atoms with E-state index in [1.54, 1.807) is 19.2 Å². The van der Waals surface area contributed by atoms with E-state index in [0.29, 0.717) is 5.56 Å². The molecule has 0 radical (unpaired) electrons. The van der Waals surface area contributed by atoms with E-state index in [1.807, 2.05) is 93.6 Å². The van der Waals surface area contributed by atoms with Crippen molar-refractivity contribution in [3.8, 4) is 0 Å². The van der Waals surface area contributed by atoms with Crippen LogP contribution >= 0.6 is 0 Å². The summed E-state index contributed by atoms with van der Waals surface area (Å²) in [6.45, 7) is 7.63. The Kier molecular flexibility index (Phi) is 8.34. The van der Waals surface area contributed by atoms with E-state index in [9.17, 15) is 14.7 Å². The van der Waals surface area contributed by atoms with Crippen molar-refractivity contribution >= 4 is 25.2 Å². The van der Waals surface area contributed by atoms with Crippen LogP contribution in [0, 0.1) is 6.92 Å². The number of aromatic amines is 1. The minimum absolute atomic E-state index is 0.0770. The summed E-state index contributed by atoms with van der Waals surface area (Å²) < 4.78 is 14.8. The number of nitrogens with one attached hydrogen (secondary N) is 1. The molecule has 3 aromatic carbocycles. The topological polar surface area (TPSA) is 93.6 Å². The largest absolute Gasteiger partial charge is 0.383 e. The first-order valence-electron chi connectivity index (χ1n) is 14.2. The van der Waals surface area contributed by atoms with Crippen molar-refractivity contribution in [3.63, 3.8) is 0 Å². The molecule has 2 heterocycles. The predicted octanol–water partition coefficient (Wildman–Crippen LogP) is 3.13. The van der Waals surface area contributed by atoms with Crippen molar-refractivity contribution in [2.24, 2.45) is 0 Å². The summed E-state index contributed by atoms with van der Waals surface area (Å²) in [4.78, 5) is 28.7. The Hall–Kier alpha value is -3.82. The van der Waals surface area contributed by atoms with Gasteiger partial charge in [0.25, 0.3) is 5.56 Å². The van der Waals surface area contributed by atoms with Crippen molar-refractivity contribution in [1.82, 2.24) is 9.55 Å². The van der Waals surface area contributed by atoms with Gasteiger partial charge in [-0.05, 0) is 39.3 Å². The second-order valence-corrected chi connectivity index (χ2v) is 15.1. The quantitative estimate of drug-likeness (QED) is 0.312. The summed E-state index contributed by atoms with van der Waals surface area (Å²) in [7, 11) is -2.55. The van der Waals surface area contributed by atoms with E-state index in [0.717, 1.165) is 15.9 Å². The molecule has 1 aliphatic rings. The molecule has 0 bridgehead atoms. The Morgan fingerprint density at radius 2 is 1.52 bits per heavy atom. The molecular weight excluding hydrogens is 544 g/mol. The number of aromatic nitrogens is 2. The number of hydrogen-bond acceptors (Lipinski definition) is 5. The average molecular weight is 583 g/mol. The smallest absolute Gasteiger partial charge is 0.330 e. The molecule has 2 N–H and O–H groups in total. The molecule has 1 saturated heterocycles. The summed E-state index contributed by atoms with van der Waals surface area (Å²) in [6, 6.07) is 29.8. The van der Waals surface area contributed by atoms with Crippen LogP contribution in [0.2, 0.25) is 0 Å². The van der Waals surface area contributed by atoms with Crippen molar-refractivity contribution in [2.75, 3.05) is 6.61 Å². The number of rotatable bonds is 8. The van der Waals surface area contributed by atoms with Crippen molar-refractivity contribution in [1.29, 1.82) is 0 Å². The molecule has 0 aliphatic carbocycles. The molecule has 0 unspecified atom stereocenters. The van der Waals surface area contributed by atoms with Crippen LogP contribution in [0.25, 0.3) is 6.08 Å². The third-order valence-electron chi connectivity index (χ3n) is 7.72. The van der Waals surface area contributed by atoms with Gasteiger partial charge in [-0.15, -0.1) is 0 Å². The Labute approximate surface area is 247 Å². The number of hydrogen-bond donors (Lipinski definition) is 2. The molecule has 0 amide bonds. The molecule has 42 heavy (non-hydrogen) atoms. The molecule has 5 rings (SSSR count). The fourth-order valence-corrected chi connectivity index (χ4v) is 9.63. The Morgan fingerprint density at radius 1 is 0.976 bits per heavy atom. The zero-order valence-corrected chi connectivity index (χ0v) is 25.6. The molecule has 8 heteroatoms. The van der Waals surface area contributed by atoms with Gasteiger partial charge in [0.1, 0.15) is 17.1 Å². The van der Waals surface area contributed by atoms with Crippen molar-refractivity contribution in [3.05, 3.63) is 135 Å². The molecule has 1 aromatic heterocycles. The van der Waals surface area contributed by atoms with E-state index in [4.69, 9.17) is 9.47 Å². The monoisotopic (exact) mass is 582 g/mol. The van der Waals surface area contributed by atoms with Gasteiger partial charge in [0.2, 0.25) is 0 Å². The molecule has 1 aliphatic heterocycles. The van der Waals surface area contributed by atoms with Gasteiger partial charge in [-0.3, -0.25) is 14.3 Å². The van der Waals surface area contributed by atoms with Crippen LogP contribution in [0.1, 0.15) is 38.3 Å². The van der Waals surface area contributed by atoms with Gasteiger partial charge >= 0.3 is 5.69 Å². The molecule has 3 atom stereocenters.